The molecular weight excluding hydrogens is 336 g/mol. The molecule has 1 saturated heterocycles. The number of hydrazone groups is 1. The van der Waals surface area contributed by atoms with Gasteiger partial charge in [-0.2, -0.15) is 22.0 Å². The van der Waals surface area contributed by atoms with Crippen LogP contribution in [0, 0.1) is 0 Å². The molecule has 2 aromatic rings. The number of aryl methyl sites for hydroxylation is 1. The number of aromatic nitrogens is 2. The standard InChI is InChI=1S/C15H15ClN4O2S/c1-20-14(13(16)7-18-20)15(21)19-17-6-10-3-2-4-11(5-10)22-12-8-23-9-12/h2-7,12H,8-9H2,1H3,(H,19,21)/b17-6-. The minimum Gasteiger partial charge on any atom is -0.489 e. The molecule has 0 spiro atoms. The lowest BCUT2D eigenvalue weighted by Crippen LogP contribution is -2.31. The number of hydrogen-bond acceptors (Lipinski definition) is 5. The van der Waals surface area contributed by atoms with Crippen LogP contribution in [0.15, 0.2) is 35.6 Å². The summed E-state index contributed by atoms with van der Waals surface area (Å²) >= 11 is 7.78. The van der Waals surface area contributed by atoms with Gasteiger partial charge < -0.3 is 4.74 Å². The van der Waals surface area contributed by atoms with E-state index in [1.165, 1.54) is 10.9 Å². The summed E-state index contributed by atoms with van der Waals surface area (Å²) in [5.41, 5.74) is 3.54. The lowest BCUT2D eigenvalue weighted by atomic mass is 10.2. The largest absolute Gasteiger partial charge is 0.489 e. The highest BCUT2D eigenvalue weighted by Crippen LogP contribution is 2.24. The number of halogens is 1. The van der Waals surface area contributed by atoms with Gasteiger partial charge in [-0.05, 0) is 17.7 Å². The average molecular weight is 351 g/mol. The summed E-state index contributed by atoms with van der Waals surface area (Å²) in [4.78, 5) is 12.0. The fourth-order valence-electron chi connectivity index (χ4n) is 2.03. The summed E-state index contributed by atoms with van der Waals surface area (Å²) in [6, 6.07) is 7.57. The van der Waals surface area contributed by atoms with Gasteiger partial charge in [0.25, 0.3) is 5.91 Å². The number of nitrogens with zero attached hydrogens (tertiary/aromatic N) is 3. The van der Waals surface area contributed by atoms with E-state index in [2.05, 4.69) is 15.6 Å². The van der Waals surface area contributed by atoms with Crippen LogP contribution in [0.3, 0.4) is 0 Å². The molecule has 8 heteroatoms. The quantitative estimate of drug-likeness (QED) is 0.663. The number of carbonyl (C=O) groups is 1. The molecule has 1 aliphatic heterocycles. The van der Waals surface area contributed by atoms with Crippen molar-refractivity contribution < 1.29 is 9.53 Å². The Morgan fingerprint density at radius 2 is 2.39 bits per heavy atom. The number of carbonyl (C=O) groups excluding carboxylic acids is 1. The molecule has 1 aliphatic rings. The van der Waals surface area contributed by atoms with Crippen molar-refractivity contribution in [2.45, 2.75) is 6.10 Å². The highest BCUT2D eigenvalue weighted by Gasteiger charge is 2.19. The molecule has 0 aliphatic carbocycles. The predicted octanol–water partition coefficient (Wildman–Crippen LogP) is 2.33. The van der Waals surface area contributed by atoms with Crippen LogP contribution in [-0.2, 0) is 7.05 Å². The first-order valence-electron chi connectivity index (χ1n) is 6.99. The van der Waals surface area contributed by atoms with Crippen LogP contribution in [0.1, 0.15) is 16.1 Å². The molecule has 1 N–H and O–H groups in total. The molecule has 1 aromatic carbocycles. The van der Waals surface area contributed by atoms with Crippen LogP contribution >= 0.6 is 23.4 Å². The average Bonchev–Trinajstić information content (AvgIpc) is 2.82. The van der Waals surface area contributed by atoms with Gasteiger partial charge in [0, 0.05) is 18.6 Å². The monoisotopic (exact) mass is 350 g/mol. The van der Waals surface area contributed by atoms with E-state index in [4.69, 9.17) is 16.3 Å². The number of rotatable bonds is 5. The topological polar surface area (TPSA) is 68.5 Å². The second-order valence-electron chi connectivity index (χ2n) is 5.01. The highest BCUT2D eigenvalue weighted by atomic mass is 35.5. The predicted molar refractivity (Wildman–Crippen MR) is 91.5 cm³/mol. The van der Waals surface area contributed by atoms with Crippen molar-refractivity contribution >= 4 is 35.5 Å². The van der Waals surface area contributed by atoms with Crippen LogP contribution in [-0.4, -0.2) is 39.5 Å². The van der Waals surface area contributed by atoms with Crippen LogP contribution in [0.5, 0.6) is 5.75 Å². The molecule has 2 heterocycles. The Morgan fingerprint density at radius 3 is 3.04 bits per heavy atom. The molecule has 6 nitrogen and oxygen atoms in total. The Bertz CT molecular complexity index is 723. The van der Waals surface area contributed by atoms with E-state index >= 15 is 0 Å². The summed E-state index contributed by atoms with van der Waals surface area (Å²) in [6.45, 7) is 0. The van der Waals surface area contributed by atoms with Crippen molar-refractivity contribution in [2.24, 2.45) is 12.1 Å². The SMILES string of the molecule is Cn1ncc(Cl)c1C(=O)N/N=C\c1cccc(OC2CSC2)c1. The molecule has 120 valence electrons. The summed E-state index contributed by atoms with van der Waals surface area (Å²) in [5.74, 6) is 2.45. The van der Waals surface area contributed by atoms with Gasteiger partial charge in [-0.25, -0.2) is 5.43 Å². The summed E-state index contributed by atoms with van der Waals surface area (Å²) in [6.07, 6.45) is 3.27. The van der Waals surface area contributed by atoms with Crippen molar-refractivity contribution in [3.8, 4) is 5.75 Å². The first kappa shape index (κ1) is 15.9. The van der Waals surface area contributed by atoms with Gasteiger partial charge in [0.2, 0.25) is 0 Å². The Labute approximate surface area is 142 Å². The third-order valence-electron chi connectivity index (χ3n) is 3.26. The van der Waals surface area contributed by atoms with Crippen molar-refractivity contribution in [2.75, 3.05) is 11.5 Å². The summed E-state index contributed by atoms with van der Waals surface area (Å²) < 4.78 is 7.21. The molecule has 1 fully saturated rings. The van der Waals surface area contributed by atoms with Gasteiger partial charge in [-0.15, -0.1) is 0 Å². The van der Waals surface area contributed by atoms with Crippen molar-refractivity contribution in [1.82, 2.24) is 15.2 Å². The first-order chi connectivity index (χ1) is 11.1. The number of ether oxygens (including phenoxy) is 1. The number of hydrogen-bond donors (Lipinski definition) is 1. The van der Waals surface area contributed by atoms with Gasteiger partial charge in [0.1, 0.15) is 17.5 Å². The normalized spacial score (nSPS) is 14.7. The van der Waals surface area contributed by atoms with Gasteiger partial charge in [-0.1, -0.05) is 23.7 Å². The van der Waals surface area contributed by atoms with Crippen LogP contribution in [0.2, 0.25) is 5.02 Å². The van der Waals surface area contributed by atoms with E-state index in [-0.39, 0.29) is 10.7 Å². The lowest BCUT2D eigenvalue weighted by molar-refractivity contribution is 0.0946. The van der Waals surface area contributed by atoms with E-state index in [0.29, 0.717) is 6.10 Å². The minimum atomic E-state index is -0.412. The number of amides is 1. The molecule has 23 heavy (non-hydrogen) atoms. The van der Waals surface area contributed by atoms with Gasteiger partial charge in [-0.3, -0.25) is 9.48 Å². The maximum atomic E-state index is 12.0. The Hall–Kier alpha value is -1.99. The smallest absolute Gasteiger partial charge is 0.291 e. The Kier molecular flexibility index (Phi) is 4.88. The Morgan fingerprint density at radius 1 is 1.57 bits per heavy atom. The van der Waals surface area contributed by atoms with Crippen LogP contribution in [0.4, 0.5) is 0 Å². The van der Waals surface area contributed by atoms with E-state index < -0.39 is 5.91 Å². The molecule has 1 amide bonds. The van der Waals surface area contributed by atoms with Crippen molar-refractivity contribution in [1.29, 1.82) is 0 Å². The number of benzene rings is 1. The Balaban J connectivity index is 1.61. The highest BCUT2D eigenvalue weighted by molar-refractivity contribution is 8.00. The second kappa shape index (κ2) is 7.06. The third-order valence-corrected chi connectivity index (χ3v) is 4.75. The summed E-state index contributed by atoms with van der Waals surface area (Å²) in [7, 11) is 1.64. The lowest BCUT2D eigenvalue weighted by Gasteiger charge is -2.25. The molecule has 1 aromatic heterocycles. The van der Waals surface area contributed by atoms with Crippen molar-refractivity contribution in [3.63, 3.8) is 0 Å². The number of thioether (sulfide) groups is 1. The molecule has 0 radical (unpaired) electrons. The molecule has 0 bridgehead atoms. The maximum absolute atomic E-state index is 12.0. The van der Waals surface area contributed by atoms with E-state index in [1.807, 2.05) is 36.0 Å². The fraction of sp³-hybridized carbons (Fsp3) is 0.267. The van der Waals surface area contributed by atoms with Gasteiger partial charge in [0.15, 0.2) is 0 Å². The zero-order chi connectivity index (χ0) is 16.2. The molecule has 0 saturated carbocycles. The summed E-state index contributed by atoms with van der Waals surface area (Å²) in [5, 5.41) is 8.15. The van der Waals surface area contributed by atoms with Gasteiger partial charge in [0.05, 0.1) is 17.4 Å². The first-order valence-corrected chi connectivity index (χ1v) is 8.52. The van der Waals surface area contributed by atoms with E-state index in [1.54, 1.807) is 13.3 Å². The molecule has 0 atom stereocenters. The maximum Gasteiger partial charge on any atom is 0.291 e. The third kappa shape index (κ3) is 3.86. The van der Waals surface area contributed by atoms with Gasteiger partial charge >= 0.3 is 0 Å². The van der Waals surface area contributed by atoms with E-state index in [9.17, 15) is 4.79 Å². The fourth-order valence-corrected chi connectivity index (χ4v) is 2.84. The number of nitrogens with one attached hydrogen (secondary N) is 1. The zero-order valence-corrected chi connectivity index (χ0v) is 14.0. The molecule has 3 rings (SSSR count). The van der Waals surface area contributed by atoms with Crippen LogP contribution < -0.4 is 10.2 Å². The van der Waals surface area contributed by atoms with Crippen molar-refractivity contribution in [3.05, 3.63) is 46.7 Å². The second-order valence-corrected chi connectivity index (χ2v) is 6.50. The zero-order valence-electron chi connectivity index (χ0n) is 12.4. The minimum absolute atomic E-state index is 0.267. The van der Waals surface area contributed by atoms with E-state index in [0.717, 1.165) is 22.8 Å². The van der Waals surface area contributed by atoms with Crippen LogP contribution in [0.25, 0.3) is 0 Å². The molecule has 0 unspecified atom stereocenters. The molecular formula is C15H15ClN4O2S.